The summed E-state index contributed by atoms with van der Waals surface area (Å²) in [5, 5.41) is 10.2. The van der Waals surface area contributed by atoms with Gasteiger partial charge in [0, 0.05) is 11.1 Å². The lowest BCUT2D eigenvalue weighted by molar-refractivity contribution is 0.421. The van der Waals surface area contributed by atoms with Gasteiger partial charge in [0.2, 0.25) is 0 Å². The van der Waals surface area contributed by atoms with Gasteiger partial charge in [-0.25, -0.2) is 8.42 Å². The summed E-state index contributed by atoms with van der Waals surface area (Å²) in [4.78, 5) is 0.265. The fraction of sp³-hybridized carbons (Fsp3) is 0.455. The van der Waals surface area contributed by atoms with E-state index in [1.165, 1.54) is 0 Å². The van der Waals surface area contributed by atoms with Crippen LogP contribution in [0.2, 0.25) is 0 Å². The van der Waals surface area contributed by atoms with Crippen molar-refractivity contribution in [3.05, 3.63) is 59.2 Å². The minimum Gasteiger partial charge on any atom is -0.507 e. The Hall–Kier alpha value is -1.81. The van der Waals surface area contributed by atoms with Crippen LogP contribution in [0.15, 0.2) is 47.4 Å². The third kappa shape index (κ3) is 3.96. The second-order valence-corrected chi connectivity index (χ2v) is 11.2. The van der Waals surface area contributed by atoms with E-state index < -0.39 is 15.1 Å². The molecule has 4 heteroatoms. The summed E-state index contributed by atoms with van der Waals surface area (Å²) in [7, 11) is -3.59. The molecule has 0 amide bonds. The van der Waals surface area contributed by atoms with Gasteiger partial charge in [0.25, 0.3) is 0 Å². The topological polar surface area (TPSA) is 54.4 Å². The van der Waals surface area contributed by atoms with Crippen molar-refractivity contribution in [2.45, 2.75) is 69.4 Å². The maximum atomic E-state index is 13.3. The predicted octanol–water partition coefficient (Wildman–Crippen LogP) is 5.52. The van der Waals surface area contributed by atoms with Crippen molar-refractivity contribution < 1.29 is 13.5 Å². The molecule has 0 aliphatic rings. The van der Waals surface area contributed by atoms with Gasteiger partial charge in [-0.15, -0.1) is 0 Å². The lowest BCUT2D eigenvalue weighted by atomic mass is 9.79. The van der Waals surface area contributed by atoms with Crippen molar-refractivity contribution in [1.82, 2.24) is 0 Å². The number of rotatable bonds is 3. The molecule has 2 rings (SSSR count). The van der Waals surface area contributed by atoms with E-state index >= 15 is 0 Å². The molecule has 1 N–H and O–H groups in total. The Labute approximate surface area is 158 Å². The molecule has 0 aliphatic heterocycles. The van der Waals surface area contributed by atoms with Crippen molar-refractivity contribution in [2.75, 3.05) is 0 Å². The van der Waals surface area contributed by atoms with E-state index in [2.05, 4.69) is 0 Å². The SMILES string of the molecule is CC(c1ccccc1)S(=O)(=O)c1cc(C(C)(C)C)c(O)c(C(C)(C)C)c1. The first-order chi connectivity index (χ1) is 11.8. The zero-order valence-electron chi connectivity index (χ0n) is 16.8. The molecule has 0 bridgehead atoms. The molecule has 142 valence electrons. The molecule has 0 saturated carbocycles. The summed E-state index contributed by atoms with van der Waals surface area (Å²) in [6, 6.07) is 12.5. The normalized spacial score (nSPS) is 14.3. The molecule has 0 aliphatic carbocycles. The summed E-state index contributed by atoms with van der Waals surface area (Å²) in [6.07, 6.45) is 0. The van der Waals surface area contributed by atoms with Crippen LogP contribution in [0.1, 0.15) is 70.4 Å². The third-order valence-corrected chi connectivity index (χ3v) is 6.86. The van der Waals surface area contributed by atoms with Crippen LogP contribution in [-0.2, 0) is 20.7 Å². The van der Waals surface area contributed by atoms with Crippen molar-refractivity contribution in [1.29, 1.82) is 0 Å². The molecule has 1 atom stereocenters. The second kappa shape index (κ2) is 6.73. The summed E-state index contributed by atoms with van der Waals surface area (Å²) >= 11 is 0. The smallest absolute Gasteiger partial charge is 0.185 e. The highest BCUT2D eigenvalue weighted by Gasteiger charge is 2.32. The van der Waals surface area contributed by atoms with Crippen LogP contribution in [0.4, 0.5) is 0 Å². The van der Waals surface area contributed by atoms with Crippen LogP contribution in [0.25, 0.3) is 0 Å². The number of hydrogen-bond donors (Lipinski definition) is 1. The highest BCUT2D eigenvalue weighted by molar-refractivity contribution is 7.91. The highest BCUT2D eigenvalue weighted by Crippen LogP contribution is 2.42. The van der Waals surface area contributed by atoms with Gasteiger partial charge in [-0.3, -0.25) is 0 Å². The molecule has 0 fully saturated rings. The van der Waals surface area contributed by atoms with Gasteiger partial charge in [0.1, 0.15) is 5.75 Å². The highest BCUT2D eigenvalue weighted by atomic mass is 32.2. The lowest BCUT2D eigenvalue weighted by Gasteiger charge is -2.28. The zero-order chi connectivity index (χ0) is 19.9. The minimum absolute atomic E-state index is 0.191. The Morgan fingerprint density at radius 3 is 1.65 bits per heavy atom. The molecule has 26 heavy (non-hydrogen) atoms. The van der Waals surface area contributed by atoms with E-state index in [-0.39, 0.29) is 21.5 Å². The van der Waals surface area contributed by atoms with Crippen molar-refractivity contribution >= 4 is 9.84 Å². The molecular weight excluding hydrogens is 344 g/mol. The quantitative estimate of drug-likeness (QED) is 0.769. The van der Waals surface area contributed by atoms with Gasteiger partial charge in [0.05, 0.1) is 10.1 Å². The third-order valence-electron chi connectivity index (χ3n) is 4.76. The Bertz CT molecular complexity index is 848. The van der Waals surface area contributed by atoms with E-state index in [1.54, 1.807) is 19.1 Å². The van der Waals surface area contributed by atoms with Crippen LogP contribution >= 0.6 is 0 Å². The van der Waals surface area contributed by atoms with E-state index in [1.807, 2.05) is 71.9 Å². The van der Waals surface area contributed by atoms with E-state index in [9.17, 15) is 13.5 Å². The number of aromatic hydroxyl groups is 1. The molecule has 0 heterocycles. The van der Waals surface area contributed by atoms with Crippen molar-refractivity contribution in [2.24, 2.45) is 0 Å². The predicted molar refractivity (Wildman–Crippen MR) is 108 cm³/mol. The van der Waals surface area contributed by atoms with Gasteiger partial charge in [-0.05, 0) is 35.4 Å². The maximum absolute atomic E-state index is 13.3. The van der Waals surface area contributed by atoms with E-state index in [0.29, 0.717) is 11.1 Å². The first-order valence-corrected chi connectivity index (χ1v) is 10.5. The Morgan fingerprint density at radius 1 is 0.846 bits per heavy atom. The monoisotopic (exact) mass is 374 g/mol. The van der Waals surface area contributed by atoms with Gasteiger partial charge in [-0.1, -0.05) is 71.9 Å². The Kier molecular flexibility index (Phi) is 5.31. The summed E-state index contributed by atoms with van der Waals surface area (Å²) in [5.41, 5.74) is 1.33. The summed E-state index contributed by atoms with van der Waals surface area (Å²) < 4.78 is 26.6. The van der Waals surface area contributed by atoms with E-state index in [4.69, 9.17) is 0 Å². The van der Waals surface area contributed by atoms with Crippen LogP contribution in [-0.4, -0.2) is 13.5 Å². The first kappa shape index (κ1) is 20.5. The number of sulfone groups is 1. The molecule has 2 aromatic carbocycles. The van der Waals surface area contributed by atoms with Gasteiger partial charge < -0.3 is 5.11 Å². The molecule has 2 aromatic rings. The zero-order valence-corrected chi connectivity index (χ0v) is 17.6. The molecular formula is C22H30O3S. The van der Waals surface area contributed by atoms with Gasteiger partial charge >= 0.3 is 0 Å². The Balaban J connectivity index is 2.73. The largest absolute Gasteiger partial charge is 0.507 e. The van der Waals surface area contributed by atoms with Crippen LogP contribution in [0, 0.1) is 0 Å². The molecule has 1 unspecified atom stereocenters. The summed E-state index contributed by atoms with van der Waals surface area (Å²) in [5.74, 6) is 0.191. The van der Waals surface area contributed by atoms with Crippen LogP contribution in [0.3, 0.4) is 0 Å². The fourth-order valence-electron chi connectivity index (χ4n) is 3.02. The standard InChI is InChI=1S/C22H30O3S/c1-15(16-11-9-8-10-12-16)26(24,25)17-13-18(21(2,3)4)20(23)19(14-17)22(5,6)7/h8-15,23H,1-7H3. The van der Waals surface area contributed by atoms with Crippen LogP contribution < -0.4 is 0 Å². The number of hydrogen-bond acceptors (Lipinski definition) is 3. The average Bonchev–Trinajstić information content (AvgIpc) is 2.52. The van der Waals surface area contributed by atoms with Crippen LogP contribution in [0.5, 0.6) is 5.75 Å². The molecule has 0 radical (unpaired) electrons. The number of benzene rings is 2. The molecule has 3 nitrogen and oxygen atoms in total. The minimum atomic E-state index is -3.59. The lowest BCUT2D eigenvalue weighted by Crippen LogP contribution is -2.20. The van der Waals surface area contributed by atoms with Crippen molar-refractivity contribution in [3.8, 4) is 5.75 Å². The molecule has 0 spiro atoms. The first-order valence-electron chi connectivity index (χ1n) is 8.93. The number of phenolic OH excluding ortho intramolecular Hbond substituents is 1. The second-order valence-electron chi connectivity index (χ2n) is 8.96. The average molecular weight is 375 g/mol. The molecule has 0 aromatic heterocycles. The fourth-order valence-corrected chi connectivity index (χ4v) is 4.51. The molecule has 0 saturated heterocycles. The summed E-state index contributed by atoms with van der Waals surface area (Å²) in [6.45, 7) is 13.6. The maximum Gasteiger partial charge on any atom is 0.185 e. The van der Waals surface area contributed by atoms with Gasteiger partial charge in [-0.2, -0.15) is 0 Å². The Morgan fingerprint density at radius 2 is 1.27 bits per heavy atom. The van der Waals surface area contributed by atoms with E-state index in [0.717, 1.165) is 5.56 Å². The van der Waals surface area contributed by atoms with Gasteiger partial charge in [0.15, 0.2) is 9.84 Å². The number of phenols is 1. The van der Waals surface area contributed by atoms with Crippen molar-refractivity contribution in [3.63, 3.8) is 0 Å².